The van der Waals surface area contributed by atoms with E-state index in [1.54, 1.807) is 0 Å². The molecule has 0 bridgehead atoms. The van der Waals surface area contributed by atoms with Gasteiger partial charge in [-0.05, 0) is 79.2 Å². The molecule has 2 N–H and O–H groups in total. The highest BCUT2D eigenvalue weighted by atomic mass is 16.6. The monoisotopic (exact) mass is 438 g/mol. The molecule has 2 aliphatic rings. The second kappa shape index (κ2) is 11.4. The van der Waals surface area contributed by atoms with E-state index in [2.05, 4.69) is 22.6 Å². The lowest BCUT2D eigenvalue weighted by Gasteiger charge is -2.31. The van der Waals surface area contributed by atoms with Crippen molar-refractivity contribution in [3.05, 3.63) is 59.4 Å². The van der Waals surface area contributed by atoms with Crippen molar-refractivity contribution in [3.63, 3.8) is 0 Å². The van der Waals surface area contributed by atoms with E-state index in [9.17, 15) is 4.79 Å². The lowest BCUT2D eigenvalue weighted by atomic mass is 9.81. The molecule has 1 saturated carbocycles. The highest BCUT2D eigenvalue weighted by Gasteiger charge is 2.26. The molecule has 6 nitrogen and oxygen atoms in total. The van der Waals surface area contributed by atoms with Crippen molar-refractivity contribution < 1.29 is 19.5 Å². The first-order valence-corrected chi connectivity index (χ1v) is 12.0. The number of hydroxylamine groups is 1. The van der Waals surface area contributed by atoms with Crippen LogP contribution in [0.4, 0.5) is 0 Å². The minimum Gasteiger partial charge on any atom is -0.482 e. The number of nitrogens with zero attached hydrogens (tertiary/aromatic N) is 1. The predicted molar refractivity (Wildman–Crippen MR) is 123 cm³/mol. The first-order chi connectivity index (χ1) is 15.7. The lowest BCUT2D eigenvalue weighted by Crippen LogP contribution is -2.30. The predicted octanol–water partition coefficient (Wildman–Crippen LogP) is 5.20. The molecule has 1 aromatic heterocycles. The van der Waals surface area contributed by atoms with E-state index in [4.69, 9.17) is 14.7 Å². The van der Waals surface area contributed by atoms with Crippen LogP contribution in [0.3, 0.4) is 0 Å². The van der Waals surface area contributed by atoms with Crippen LogP contribution in [-0.2, 0) is 16.1 Å². The molecule has 0 spiro atoms. The van der Waals surface area contributed by atoms with Gasteiger partial charge in [0.2, 0.25) is 0 Å². The van der Waals surface area contributed by atoms with Gasteiger partial charge in [0.15, 0.2) is 6.61 Å². The second-order valence-corrected chi connectivity index (χ2v) is 9.01. The number of pyridine rings is 1. The Balaban J connectivity index is 1.35. The Morgan fingerprint density at radius 3 is 2.78 bits per heavy atom. The summed E-state index contributed by atoms with van der Waals surface area (Å²) < 4.78 is 5.54. The van der Waals surface area contributed by atoms with Crippen molar-refractivity contribution in [3.8, 4) is 5.75 Å². The Kier molecular flexibility index (Phi) is 8.13. The van der Waals surface area contributed by atoms with E-state index in [1.165, 1.54) is 43.2 Å². The van der Waals surface area contributed by atoms with E-state index in [0.29, 0.717) is 24.2 Å². The molecule has 0 radical (unpaired) electrons. The molecule has 4 rings (SSSR count). The summed E-state index contributed by atoms with van der Waals surface area (Å²) in [4.78, 5) is 21.3. The molecule has 2 atom stereocenters. The number of ether oxygens (including phenoxy) is 1. The fourth-order valence-corrected chi connectivity index (χ4v) is 5.30. The summed E-state index contributed by atoms with van der Waals surface area (Å²) in [7, 11) is 0. The zero-order valence-electron chi connectivity index (χ0n) is 18.7. The minimum absolute atomic E-state index is 0.179. The van der Waals surface area contributed by atoms with Gasteiger partial charge in [0.05, 0.1) is 12.6 Å². The van der Waals surface area contributed by atoms with Crippen molar-refractivity contribution in [2.24, 2.45) is 5.92 Å². The van der Waals surface area contributed by atoms with Crippen molar-refractivity contribution >= 4 is 5.97 Å². The number of hydrogen-bond donors (Lipinski definition) is 2. The molecule has 0 amide bonds. The second-order valence-electron chi connectivity index (χ2n) is 9.01. The van der Waals surface area contributed by atoms with Gasteiger partial charge in [0.1, 0.15) is 5.75 Å². The van der Waals surface area contributed by atoms with E-state index < -0.39 is 5.97 Å². The zero-order chi connectivity index (χ0) is 22.2. The standard InChI is InChI=1S/C26H34N2O4/c29-25(30)18-31-24-13-5-11-22-19(9-4-12-23(22)24)14-16-32-28-26(20-7-2-1-3-8-20)21-10-6-15-27-17-21/h5-6,10-11,13,15,17,19-20,26,28H,1-4,7-9,12,14,16,18H2,(H,29,30). The van der Waals surface area contributed by atoms with Crippen molar-refractivity contribution in [2.45, 2.75) is 69.7 Å². The minimum atomic E-state index is -0.949. The summed E-state index contributed by atoms with van der Waals surface area (Å²) >= 11 is 0. The van der Waals surface area contributed by atoms with E-state index in [1.807, 2.05) is 30.6 Å². The third kappa shape index (κ3) is 5.87. The first kappa shape index (κ1) is 22.7. The highest BCUT2D eigenvalue weighted by Crippen LogP contribution is 2.39. The summed E-state index contributed by atoms with van der Waals surface area (Å²) in [5.74, 6) is 0.746. The van der Waals surface area contributed by atoms with Crippen LogP contribution in [0.25, 0.3) is 0 Å². The van der Waals surface area contributed by atoms with Gasteiger partial charge in [-0.15, -0.1) is 0 Å². The Hall–Kier alpha value is -2.44. The van der Waals surface area contributed by atoms with Crippen molar-refractivity contribution in [2.75, 3.05) is 13.2 Å². The number of nitrogens with one attached hydrogen (secondary N) is 1. The normalized spacial score (nSPS) is 19.8. The number of carboxylic acids is 1. The van der Waals surface area contributed by atoms with Crippen molar-refractivity contribution in [1.29, 1.82) is 0 Å². The molecule has 0 aliphatic heterocycles. The maximum atomic E-state index is 10.9. The summed E-state index contributed by atoms with van der Waals surface area (Å²) in [5.41, 5.74) is 7.02. The molecule has 172 valence electrons. The van der Waals surface area contributed by atoms with Crippen molar-refractivity contribution in [1.82, 2.24) is 10.5 Å². The van der Waals surface area contributed by atoms with Crippen LogP contribution in [0.5, 0.6) is 5.75 Å². The molecule has 2 unspecified atom stereocenters. The fourth-order valence-electron chi connectivity index (χ4n) is 5.30. The molecule has 32 heavy (non-hydrogen) atoms. The van der Waals surface area contributed by atoms with Gasteiger partial charge in [-0.3, -0.25) is 4.98 Å². The molecule has 0 saturated heterocycles. The Labute approximate surface area is 190 Å². The average Bonchev–Trinajstić information content (AvgIpc) is 2.84. The molecular formula is C26H34N2O4. The largest absolute Gasteiger partial charge is 0.482 e. The van der Waals surface area contributed by atoms with Gasteiger partial charge < -0.3 is 14.7 Å². The van der Waals surface area contributed by atoms with Crippen LogP contribution < -0.4 is 10.2 Å². The van der Waals surface area contributed by atoms with Crippen LogP contribution >= 0.6 is 0 Å². The van der Waals surface area contributed by atoms with Gasteiger partial charge in [-0.1, -0.05) is 37.5 Å². The summed E-state index contributed by atoms with van der Waals surface area (Å²) in [5, 5.41) is 8.94. The summed E-state index contributed by atoms with van der Waals surface area (Å²) in [6, 6.07) is 10.3. The summed E-state index contributed by atoms with van der Waals surface area (Å²) in [6.45, 7) is 0.332. The Bertz CT molecular complexity index is 867. The SMILES string of the molecule is O=C(O)COc1cccc2c1CCCC2CCONC(c1cccnc1)C1CCCCC1. The van der Waals surface area contributed by atoms with Gasteiger partial charge in [-0.25, -0.2) is 4.79 Å². The smallest absolute Gasteiger partial charge is 0.341 e. The average molecular weight is 439 g/mol. The zero-order valence-corrected chi connectivity index (χ0v) is 18.7. The molecule has 1 fully saturated rings. The highest BCUT2D eigenvalue weighted by molar-refractivity contribution is 5.68. The van der Waals surface area contributed by atoms with E-state index in [-0.39, 0.29) is 12.6 Å². The third-order valence-electron chi connectivity index (χ3n) is 6.88. The van der Waals surface area contributed by atoms with Gasteiger partial charge in [0, 0.05) is 12.4 Å². The lowest BCUT2D eigenvalue weighted by molar-refractivity contribution is -0.139. The number of carboxylic acid groups (broad SMARTS) is 1. The number of benzene rings is 1. The maximum absolute atomic E-state index is 10.9. The number of hydrogen-bond acceptors (Lipinski definition) is 5. The van der Waals surface area contributed by atoms with Crippen LogP contribution in [0.1, 0.15) is 80.0 Å². The Morgan fingerprint density at radius 2 is 2.00 bits per heavy atom. The van der Waals surface area contributed by atoms with Crippen LogP contribution in [0.2, 0.25) is 0 Å². The van der Waals surface area contributed by atoms with Crippen LogP contribution in [-0.4, -0.2) is 29.3 Å². The number of carbonyl (C=O) groups is 1. The van der Waals surface area contributed by atoms with Crippen LogP contribution in [0.15, 0.2) is 42.7 Å². The number of aromatic nitrogens is 1. The number of aliphatic carboxylic acids is 1. The molecule has 1 heterocycles. The molecular weight excluding hydrogens is 404 g/mol. The van der Waals surface area contributed by atoms with Gasteiger partial charge in [0.25, 0.3) is 0 Å². The summed E-state index contributed by atoms with van der Waals surface area (Å²) in [6.07, 6.45) is 14.2. The number of rotatable bonds is 10. The quantitative estimate of drug-likeness (QED) is 0.392. The molecule has 2 aromatic rings. The Morgan fingerprint density at radius 1 is 1.12 bits per heavy atom. The maximum Gasteiger partial charge on any atom is 0.341 e. The first-order valence-electron chi connectivity index (χ1n) is 12.0. The third-order valence-corrected chi connectivity index (χ3v) is 6.88. The molecule has 6 heteroatoms. The van der Waals surface area contributed by atoms with E-state index in [0.717, 1.165) is 31.2 Å². The number of fused-ring (bicyclic) bond motifs is 1. The van der Waals surface area contributed by atoms with Gasteiger partial charge >= 0.3 is 5.97 Å². The molecule has 1 aromatic carbocycles. The topological polar surface area (TPSA) is 80.7 Å². The molecule has 2 aliphatic carbocycles. The fraction of sp³-hybridized carbons (Fsp3) is 0.538. The van der Waals surface area contributed by atoms with Crippen LogP contribution in [0, 0.1) is 5.92 Å². The van der Waals surface area contributed by atoms with E-state index >= 15 is 0 Å². The van der Waals surface area contributed by atoms with Gasteiger partial charge in [-0.2, -0.15) is 5.48 Å².